The number of nitrogens with two attached hydrogens (primary N) is 1. The van der Waals surface area contributed by atoms with Crippen LogP contribution in [0.25, 0.3) is 10.8 Å². The summed E-state index contributed by atoms with van der Waals surface area (Å²) in [5, 5.41) is 4.09. The predicted molar refractivity (Wildman–Crippen MR) is 173 cm³/mol. The highest BCUT2D eigenvalue weighted by molar-refractivity contribution is 7.92. The number of fused-ring (bicyclic) bond motifs is 1. The van der Waals surface area contributed by atoms with E-state index in [-0.39, 0.29) is 30.2 Å². The van der Waals surface area contributed by atoms with Crippen LogP contribution in [0.4, 0.5) is 15.9 Å². The molecule has 46 heavy (non-hydrogen) atoms. The molecule has 1 aliphatic rings. The van der Waals surface area contributed by atoms with E-state index in [9.17, 15) is 22.4 Å². The zero-order chi connectivity index (χ0) is 33.2. The third-order valence-electron chi connectivity index (χ3n) is 8.29. The number of nitrogens with one attached hydrogen (secondary N) is 1. The van der Waals surface area contributed by atoms with Gasteiger partial charge in [-0.25, -0.2) is 17.8 Å². The fourth-order valence-electron chi connectivity index (χ4n) is 5.94. The van der Waals surface area contributed by atoms with Crippen LogP contribution in [0.15, 0.2) is 77.8 Å². The van der Waals surface area contributed by atoms with Crippen molar-refractivity contribution < 1.29 is 31.9 Å². The van der Waals surface area contributed by atoms with Crippen LogP contribution in [0.5, 0.6) is 5.75 Å². The molecule has 3 atom stereocenters. The summed E-state index contributed by atoms with van der Waals surface area (Å²) >= 11 is 0. The number of ether oxygens (including phenoxy) is 2. The average molecular weight is 649 g/mol. The highest BCUT2D eigenvalue weighted by Crippen LogP contribution is 2.43. The second-order valence-electron chi connectivity index (χ2n) is 11.4. The molecule has 0 radical (unpaired) electrons. The van der Waals surface area contributed by atoms with Crippen LogP contribution in [0.2, 0.25) is 0 Å². The third-order valence-corrected chi connectivity index (χ3v) is 10.5. The zero-order valence-corrected chi connectivity index (χ0v) is 26.9. The summed E-state index contributed by atoms with van der Waals surface area (Å²) in [4.78, 5) is 33.5. The number of methoxy groups -OCH3 is 1. The van der Waals surface area contributed by atoms with Gasteiger partial charge in [0.2, 0.25) is 5.91 Å². The predicted octanol–water partition coefficient (Wildman–Crippen LogP) is 5.45. The fourth-order valence-corrected chi connectivity index (χ4v) is 7.23. The summed E-state index contributed by atoms with van der Waals surface area (Å²) in [5.41, 5.74) is 7.36. The minimum Gasteiger partial charge on any atom is -0.491 e. The van der Waals surface area contributed by atoms with Gasteiger partial charge in [0.1, 0.15) is 11.9 Å². The Morgan fingerprint density at radius 1 is 1.11 bits per heavy atom. The molecule has 1 saturated heterocycles. The lowest BCUT2D eigenvalue weighted by Gasteiger charge is -2.33. The molecule has 0 spiro atoms. The Kier molecular flexibility index (Phi) is 9.47. The van der Waals surface area contributed by atoms with Crippen molar-refractivity contribution in [3.63, 3.8) is 0 Å². The summed E-state index contributed by atoms with van der Waals surface area (Å²) in [6.45, 7) is 5.25. The summed E-state index contributed by atoms with van der Waals surface area (Å²) < 4.78 is 52.3. The largest absolute Gasteiger partial charge is 0.491 e. The van der Waals surface area contributed by atoms with Crippen LogP contribution in [0.3, 0.4) is 0 Å². The Morgan fingerprint density at radius 2 is 1.87 bits per heavy atom. The Hall–Kier alpha value is -4.71. The smallest absolute Gasteiger partial charge is 0.311 e. The van der Waals surface area contributed by atoms with Crippen LogP contribution < -0.4 is 15.8 Å². The maximum atomic E-state index is 14.8. The number of nitrogen functional groups attached to an aromatic ring is 1. The molecule has 3 N–H and O–H groups in total. The minimum absolute atomic E-state index is 0.0178. The SMILES string of the molecule is CCOc1cc(C(Nc2ccc3c(N)nccc3c2)C(=O)N2CC[C@@H](C(=O)OC)[C@H]2c2ccccc2S(=O)(=O)C(C)C)ccc1F. The molecule has 1 aliphatic heterocycles. The van der Waals surface area contributed by atoms with E-state index in [1.807, 2.05) is 6.07 Å². The van der Waals surface area contributed by atoms with Crippen molar-refractivity contribution in [1.82, 2.24) is 9.88 Å². The monoisotopic (exact) mass is 648 g/mol. The van der Waals surface area contributed by atoms with E-state index in [1.165, 1.54) is 36.3 Å². The normalized spacial score (nSPS) is 17.2. The van der Waals surface area contributed by atoms with E-state index in [0.717, 1.165) is 10.8 Å². The molecule has 1 fully saturated rings. The standard InChI is InChI=1S/C34H37FN4O6S/c1-5-45-28-19-22(10-13-27(28)35)30(38-23-11-12-24-21(18-23)14-16-37-32(24)36)33(40)39-17-15-26(34(41)44-4)31(39)25-8-6-7-9-29(25)46(42,43)20(2)3/h6-14,16,18-20,26,30-31,38H,5,15,17H2,1-4H3,(H2,36,37)/t26-,30?,31-/m1/s1. The van der Waals surface area contributed by atoms with Crippen molar-refractivity contribution in [2.45, 2.75) is 49.4 Å². The maximum absolute atomic E-state index is 14.8. The lowest BCUT2D eigenvalue weighted by atomic mass is 9.93. The quantitative estimate of drug-likeness (QED) is 0.215. The van der Waals surface area contributed by atoms with Gasteiger partial charge >= 0.3 is 5.97 Å². The number of anilines is 2. The number of carbonyl (C=O) groups is 2. The van der Waals surface area contributed by atoms with Crippen LogP contribution in [0.1, 0.15) is 50.4 Å². The van der Waals surface area contributed by atoms with Gasteiger partial charge in [0.25, 0.3) is 0 Å². The van der Waals surface area contributed by atoms with Gasteiger partial charge in [0, 0.05) is 23.8 Å². The number of rotatable bonds is 10. The molecule has 3 aromatic carbocycles. The van der Waals surface area contributed by atoms with Crippen LogP contribution in [-0.2, 0) is 24.2 Å². The third kappa shape index (κ3) is 6.21. The minimum atomic E-state index is -3.79. The van der Waals surface area contributed by atoms with E-state index in [1.54, 1.807) is 63.4 Å². The van der Waals surface area contributed by atoms with Gasteiger partial charge in [-0.2, -0.15) is 0 Å². The summed E-state index contributed by atoms with van der Waals surface area (Å²) in [5.74, 6) is -2.06. The number of benzene rings is 3. The van der Waals surface area contributed by atoms with Gasteiger partial charge in [-0.15, -0.1) is 0 Å². The van der Waals surface area contributed by atoms with Crippen molar-refractivity contribution in [3.05, 3.63) is 89.9 Å². The highest BCUT2D eigenvalue weighted by atomic mass is 32.2. The van der Waals surface area contributed by atoms with Crippen molar-refractivity contribution in [2.24, 2.45) is 5.92 Å². The van der Waals surface area contributed by atoms with Crippen molar-refractivity contribution in [2.75, 3.05) is 31.3 Å². The highest BCUT2D eigenvalue weighted by Gasteiger charge is 2.46. The van der Waals surface area contributed by atoms with E-state index in [4.69, 9.17) is 15.2 Å². The molecule has 0 saturated carbocycles. The lowest BCUT2D eigenvalue weighted by Crippen LogP contribution is -2.40. The number of hydrogen-bond donors (Lipinski definition) is 2. The van der Waals surface area contributed by atoms with Gasteiger partial charge in [-0.05, 0) is 86.2 Å². The topological polar surface area (TPSA) is 141 Å². The molecule has 1 aromatic heterocycles. The van der Waals surface area contributed by atoms with Crippen molar-refractivity contribution >= 4 is 44.0 Å². The maximum Gasteiger partial charge on any atom is 0.311 e. The second-order valence-corrected chi connectivity index (χ2v) is 13.8. The van der Waals surface area contributed by atoms with Crippen molar-refractivity contribution in [1.29, 1.82) is 0 Å². The molecular formula is C34H37FN4O6S. The Morgan fingerprint density at radius 3 is 2.59 bits per heavy atom. The molecule has 12 heteroatoms. The van der Waals surface area contributed by atoms with Gasteiger partial charge in [-0.3, -0.25) is 9.59 Å². The molecule has 1 amide bonds. The number of sulfone groups is 1. The molecule has 10 nitrogen and oxygen atoms in total. The molecular weight excluding hydrogens is 611 g/mol. The first-order chi connectivity index (χ1) is 22.0. The molecule has 2 heterocycles. The first-order valence-corrected chi connectivity index (χ1v) is 16.6. The number of nitrogens with zero attached hydrogens (tertiary/aromatic N) is 2. The average Bonchev–Trinajstić information content (AvgIpc) is 3.49. The van der Waals surface area contributed by atoms with Crippen LogP contribution >= 0.6 is 0 Å². The number of hydrogen-bond acceptors (Lipinski definition) is 9. The van der Waals surface area contributed by atoms with Gasteiger partial charge in [0.05, 0.1) is 35.8 Å². The van der Waals surface area contributed by atoms with E-state index in [2.05, 4.69) is 10.3 Å². The molecule has 5 rings (SSSR count). The fraction of sp³-hybridized carbons (Fsp3) is 0.324. The second kappa shape index (κ2) is 13.3. The van der Waals surface area contributed by atoms with E-state index >= 15 is 0 Å². The van der Waals surface area contributed by atoms with Gasteiger partial charge < -0.3 is 25.4 Å². The lowest BCUT2D eigenvalue weighted by molar-refractivity contribution is -0.147. The van der Waals surface area contributed by atoms with Gasteiger partial charge in [0.15, 0.2) is 21.4 Å². The van der Waals surface area contributed by atoms with Crippen molar-refractivity contribution in [3.8, 4) is 5.75 Å². The number of esters is 1. The van der Waals surface area contributed by atoms with Crippen LogP contribution in [-0.4, -0.2) is 55.7 Å². The first kappa shape index (κ1) is 32.7. The number of amides is 1. The zero-order valence-electron chi connectivity index (χ0n) is 26.1. The Balaban J connectivity index is 1.64. The number of aromatic nitrogens is 1. The van der Waals surface area contributed by atoms with Crippen LogP contribution in [0, 0.1) is 11.7 Å². The summed E-state index contributed by atoms with van der Waals surface area (Å²) in [6.07, 6.45) is 1.84. The Bertz CT molecular complexity index is 1880. The van der Waals surface area contributed by atoms with E-state index < -0.39 is 50.8 Å². The molecule has 242 valence electrons. The number of halogens is 1. The number of carbonyl (C=O) groups excluding carboxylic acids is 2. The first-order valence-electron chi connectivity index (χ1n) is 15.0. The Labute approximate surface area is 267 Å². The number of likely N-dealkylation sites (tertiary alicyclic amines) is 1. The molecule has 4 aromatic rings. The van der Waals surface area contributed by atoms with Gasteiger partial charge in [-0.1, -0.05) is 24.3 Å². The molecule has 0 bridgehead atoms. The number of pyridine rings is 1. The van der Waals surface area contributed by atoms with E-state index in [0.29, 0.717) is 22.6 Å². The molecule has 1 unspecified atom stereocenters. The summed E-state index contributed by atoms with van der Waals surface area (Å²) in [6, 6.07) is 15.8. The molecule has 0 aliphatic carbocycles. The summed E-state index contributed by atoms with van der Waals surface area (Å²) in [7, 11) is -2.53.